The minimum Gasteiger partial charge on any atom is -0.469 e. The first-order valence-corrected chi connectivity index (χ1v) is 20.3. The Balaban J connectivity index is 1.38. The third-order valence-corrected chi connectivity index (χ3v) is 12.6. The maximum Gasteiger partial charge on any atom is 0.305 e. The molecular formula is C36H45FN6O6Si. The number of aliphatic hydroxyl groups is 1. The lowest BCUT2D eigenvalue weighted by Gasteiger charge is -2.31. The second-order valence-electron chi connectivity index (χ2n) is 13.8. The average Bonchev–Trinajstić information content (AvgIpc) is 3.75. The maximum atomic E-state index is 16.4. The van der Waals surface area contributed by atoms with Gasteiger partial charge in [-0.05, 0) is 56.1 Å². The smallest absolute Gasteiger partial charge is 0.305 e. The number of aromatic nitrogens is 3. The molecule has 266 valence electrons. The predicted molar refractivity (Wildman–Crippen MR) is 188 cm³/mol. The molecule has 2 amide bonds. The van der Waals surface area contributed by atoms with Crippen LogP contribution in [0.5, 0.6) is 0 Å². The number of carbonyl (C=O) groups excluding carboxylic acids is 3. The third-order valence-electron chi connectivity index (χ3n) is 10.2. The number of esters is 1. The molecule has 2 aromatic carbocycles. The predicted octanol–water partition coefficient (Wildman–Crippen LogP) is 4.90. The molecule has 1 saturated heterocycles. The third kappa shape index (κ3) is 6.75. The number of aliphatic hydroxyl groups excluding tert-OH is 1. The first-order valence-electron chi connectivity index (χ1n) is 17.3. The number of hydrogen-bond acceptors (Lipinski definition) is 9. The van der Waals surface area contributed by atoms with E-state index < -0.39 is 31.6 Å². The number of rotatable bonds is 13. The normalized spacial score (nSPS) is 23.5. The Labute approximate surface area is 292 Å². The molecule has 12 nitrogen and oxygen atoms in total. The Morgan fingerprint density at radius 2 is 1.90 bits per heavy atom. The molecule has 1 aromatic heterocycles. The van der Waals surface area contributed by atoms with Crippen LogP contribution in [0.3, 0.4) is 0 Å². The zero-order chi connectivity index (χ0) is 35.6. The van der Waals surface area contributed by atoms with Gasteiger partial charge in [-0.2, -0.15) is 5.10 Å². The summed E-state index contributed by atoms with van der Waals surface area (Å²) in [4.78, 5) is 41.6. The van der Waals surface area contributed by atoms with E-state index >= 15 is 4.11 Å². The summed E-state index contributed by atoms with van der Waals surface area (Å²) >= 11 is 0. The summed E-state index contributed by atoms with van der Waals surface area (Å²) in [5, 5.41) is 23.7. The first-order chi connectivity index (χ1) is 24.0. The topological polar surface area (TPSA) is 139 Å². The summed E-state index contributed by atoms with van der Waals surface area (Å²) in [5.41, 5.74) is 2.09. The van der Waals surface area contributed by atoms with Crippen LogP contribution >= 0.6 is 0 Å². The molecule has 1 spiro atoms. The number of methoxy groups -OCH3 is 1. The number of nitrogens with zero attached hydrogens (tertiary/aromatic N) is 6. The number of carbonyl (C=O) groups is 3. The molecule has 0 radical (unpaired) electrons. The summed E-state index contributed by atoms with van der Waals surface area (Å²) in [5.74, 6) is -1.28. The number of hydrazone groups is 1. The zero-order valence-corrected chi connectivity index (χ0v) is 30.0. The molecule has 50 heavy (non-hydrogen) atoms. The van der Waals surface area contributed by atoms with Gasteiger partial charge in [0.15, 0.2) is 5.60 Å². The van der Waals surface area contributed by atoms with Gasteiger partial charge in [0.25, 0.3) is 5.91 Å². The Morgan fingerprint density at radius 1 is 1.12 bits per heavy atom. The lowest BCUT2D eigenvalue weighted by Crippen LogP contribution is -2.45. The molecule has 14 heteroatoms. The van der Waals surface area contributed by atoms with Gasteiger partial charge in [-0.15, -0.1) is 5.10 Å². The van der Waals surface area contributed by atoms with Gasteiger partial charge in [0.05, 0.1) is 36.0 Å². The van der Waals surface area contributed by atoms with Crippen molar-refractivity contribution in [2.45, 2.75) is 88.8 Å². The van der Waals surface area contributed by atoms with Crippen molar-refractivity contribution in [1.82, 2.24) is 15.0 Å². The van der Waals surface area contributed by atoms with E-state index in [1.54, 1.807) is 34.9 Å². The molecule has 6 rings (SSSR count). The number of halogens is 1. The second-order valence-corrected chi connectivity index (χ2v) is 17.6. The van der Waals surface area contributed by atoms with Crippen molar-refractivity contribution in [3.05, 3.63) is 71.5 Å². The van der Waals surface area contributed by atoms with Crippen LogP contribution in [0.2, 0.25) is 18.6 Å². The number of unbranched alkanes of at least 4 members (excludes halogenated alkanes) is 1. The van der Waals surface area contributed by atoms with Crippen LogP contribution in [0.25, 0.3) is 0 Å². The molecule has 3 aromatic rings. The summed E-state index contributed by atoms with van der Waals surface area (Å²) in [6, 6.07) is 15.2. The van der Waals surface area contributed by atoms with Crippen LogP contribution in [-0.2, 0) is 42.4 Å². The van der Waals surface area contributed by atoms with E-state index in [-0.39, 0.29) is 37.2 Å². The standard InChI is InChI=1S/C36H45FN6O6Si/c1-24-34(50(3,4)37)31(17-20-41-23-26(18-21-44)38-40-41)49-36(24)28-22-27(43-32(45)16-14-29(39-43)25-10-6-5-7-11-25)13-15-30(28)42(35(36)47)19-9-8-12-33(46)48-2/h5-7,10-11,13,15,22-24,31,34,44H,8-9,12,14,16-21H2,1-4H3/t24-,31+,34-,36+/m1/s1. The van der Waals surface area contributed by atoms with E-state index in [1.165, 1.54) is 12.1 Å². The highest BCUT2D eigenvalue weighted by Gasteiger charge is 2.66. The monoisotopic (exact) mass is 704 g/mol. The van der Waals surface area contributed by atoms with Crippen LogP contribution in [0, 0.1) is 5.92 Å². The molecule has 1 N–H and O–H groups in total. The largest absolute Gasteiger partial charge is 0.469 e. The minimum atomic E-state index is -3.43. The van der Waals surface area contributed by atoms with E-state index in [0.717, 1.165) is 11.3 Å². The van der Waals surface area contributed by atoms with Crippen molar-refractivity contribution in [2.75, 3.05) is 30.2 Å². The minimum absolute atomic E-state index is 0.0429. The molecular weight excluding hydrogens is 660 g/mol. The molecule has 0 saturated carbocycles. The van der Waals surface area contributed by atoms with E-state index in [4.69, 9.17) is 14.6 Å². The number of anilines is 2. The van der Waals surface area contributed by atoms with Crippen LogP contribution in [0.1, 0.15) is 62.3 Å². The van der Waals surface area contributed by atoms with E-state index in [1.807, 2.05) is 49.4 Å². The van der Waals surface area contributed by atoms with Crippen molar-refractivity contribution in [2.24, 2.45) is 11.0 Å². The SMILES string of the molecule is COC(=O)CCCCN1C(=O)[C@@]2(O[C@@H](CCn3cc(CCO)nn3)[C@H]([Si](C)(C)F)[C@H]2C)c2cc(N3N=C(c4ccccc4)CCC3=O)ccc21. The Kier molecular flexibility index (Phi) is 10.3. The van der Waals surface area contributed by atoms with E-state index in [2.05, 4.69) is 10.3 Å². The molecule has 0 bridgehead atoms. The quantitative estimate of drug-likeness (QED) is 0.115. The number of aryl methyl sites for hydroxylation is 1. The highest BCUT2D eigenvalue weighted by molar-refractivity contribution is 6.72. The van der Waals surface area contributed by atoms with Crippen molar-refractivity contribution in [3.8, 4) is 0 Å². The Hall–Kier alpha value is -4.27. The van der Waals surface area contributed by atoms with Crippen LogP contribution < -0.4 is 9.91 Å². The first kappa shape index (κ1) is 35.5. The maximum absolute atomic E-state index is 16.4. The number of hydrogen-bond donors (Lipinski definition) is 1. The highest BCUT2D eigenvalue weighted by atomic mass is 28.4. The average molecular weight is 705 g/mol. The van der Waals surface area contributed by atoms with Gasteiger partial charge in [0.1, 0.15) is 0 Å². The fraction of sp³-hybridized carbons (Fsp3) is 0.500. The van der Waals surface area contributed by atoms with Gasteiger partial charge >= 0.3 is 5.97 Å². The van der Waals surface area contributed by atoms with Crippen LogP contribution in [-0.4, -0.2) is 78.4 Å². The molecule has 4 heterocycles. The lowest BCUT2D eigenvalue weighted by atomic mass is 9.82. The van der Waals surface area contributed by atoms with E-state index in [9.17, 15) is 19.5 Å². The number of amides is 2. The Bertz CT molecular complexity index is 1760. The zero-order valence-electron chi connectivity index (χ0n) is 29.0. The van der Waals surface area contributed by atoms with Crippen LogP contribution in [0.4, 0.5) is 15.5 Å². The molecule has 3 aliphatic rings. The molecule has 0 aliphatic carbocycles. The number of fused-ring (bicyclic) bond motifs is 2. The van der Waals surface area contributed by atoms with Gasteiger partial charge in [-0.1, -0.05) is 42.5 Å². The second kappa shape index (κ2) is 14.5. The summed E-state index contributed by atoms with van der Waals surface area (Å²) in [7, 11) is -2.08. The van der Waals surface area contributed by atoms with Crippen LogP contribution in [0.15, 0.2) is 59.8 Å². The molecule has 0 unspecified atom stereocenters. The van der Waals surface area contributed by atoms with Gasteiger partial charge in [0.2, 0.25) is 14.3 Å². The summed E-state index contributed by atoms with van der Waals surface area (Å²) in [6.45, 7) is 5.90. The highest BCUT2D eigenvalue weighted by Crippen LogP contribution is 2.60. The van der Waals surface area contributed by atoms with Gasteiger partial charge < -0.3 is 23.6 Å². The van der Waals surface area contributed by atoms with Crippen molar-refractivity contribution >= 4 is 43.3 Å². The van der Waals surface area contributed by atoms with Crippen molar-refractivity contribution < 1.29 is 33.1 Å². The summed E-state index contributed by atoms with van der Waals surface area (Å²) in [6.07, 6.45) is 4.04. The fourth-order valence-electron chi connectivity index (χ4n) is 7.83. The molecule has 4 atom stereocenters. The van der Waals surface area contributed by atoms with Crippen molar-refractivity contribution in [1.29, 1.82) is 0 Å². The summed E-state index contributed by atoms with van der Waals surface area (Å²) < 4.78 is 29.8. The van der Waals surface area contributed by atoms with Gasteiger partial charge in [0, 0.05) is 68.6 Å². The Morgan fingerprint density at radius 3 is 2.62 bits per heavy atom. The van der Waals surface area contributed by atoms with E-state index in [0.29, 0.717) is 67.8 Å². The molecule has 1 fully saturated rings. The fourth-order valence-corrected chi connectivity index (χ4v) is 10.4. The molecule has 3 aliphatic heterocycles. The lowest BCUT2D eigenvalue weighted by molar-refractivity contribution is -0.146. The van der Waals surface area contributed by atoms with Gasteiger partial charge in [-0.25, -0.2) is 5.01 Å². The number of benzene rings is 2. The number of ether oxygens (including phenoxy) is 2. The van der Waals surface area contributed by atoms with Gasteiger partial charge in [-0.3, -0.25) is 19.1 Å². The van der Waals surface area contributed by atoms with Crippen molar-refractivity contribution in [3.63, 3.8) is 0 Å².